The fourth-order valence-corrected chi connectivity index (χ4v) is 1.60. The van der Waals surface area contributed by atoms with Crippen LogP contribution in [0.4, 0.5) is 4.39 Å². The van der Waals surface area contributed by atoms with Gasteiger partial charge in [0.25, 0.3) is 0 Å². The first-order valence-corrected chi connectivity index (χ1v) is 5.70. The second-order valence-electron chi connectivity index (χ2n) is 3.88. The van der Waals surface area contributed by atoms with Crippen molar-refractivity contribution in [3.63, 3.8) is 0 Å². The number of nitriles is 1. The Morgan fingerprint density at radius 3 is 2.42 bits per heavy atom. The topological polar surface area (TPSA) is 42.2 Å². The van der Waals surface area contributed by atoms with Gasteiger partial charge >= 0.3 is 0 Å². The summed E-state index contributed by atoms with van der Waals surface area (Å²) in [7, 11) is 1.57. The highest BCUT2D eigenvalue weighted by atomic mass is 19.1. The third-order valence-corrected chi connectivity index (χ3v) is 2.57. The number of nitrogens with zero attached hydrogens (tertiary/aromatic N) is 1. The average molecular weight is 257 g/mol. The summed E-state index contributed by atoms with van der Waals surface area (Å²) in [5.74, 6) is 0.857. The third kappa shape index (κ3) is 3.23. The van der Waals surface area contributed by atoms with Crippen LogP contribution in [0, 0.1) is 17.1 Å². The molecule has 0 radical (unpaired) electrons. The van der Waals surface area contributed by atoms with Crippen LogP contribution in [0.15, 0.2) is 42.5 Å². The summed E-state index contributed by atoms with van der Waals surface area (Å²) in [6.07, 6.45) is 0.221. The zero-order valence-corrected chi connectivity index (χ0v) is 10.4. The van der Waals surface area contributed by atoms with E-state index in [4.69, 9.17) is 14.7 Å². The van der Waals surface area contributed by atoms with Crippen LogP contribution in [0.1, 0.15) is 5.56 Å². The van der Waals surface area contributed by atoms with E-state index in [2.05, 4.69) is 0 Å². The molecular weight excluding hydrogens is 245 g/mol. The van der Waals surface area contributed by atoms with Crippen LogP contribution < -0.4 is 9.47 Å². The molecule has 96 valence electrons. The predicted octanol–water partition coefficient (Wildman–Crippen LogP) is 3.69. The van der Waals surface area contributed by atoms with Crippen molar-refractivity contribution in [2.24, 2.45) is 0 Å². The quantitative estimate of drug-likeness (QED) is 0.838. The van der Waals surface area contributed by atoms with Gasteiger partial charge in [0.15, 0.2) is 11.6 Å². The largest absolute Gasteiger partial charge is 0.497 e. The van der Waals surface area contributed by atoms with Crippen molar-refractivity contribution in [2.45, 2.75) is 6.42 Å². The minimum Gasteiger partial charge on any atom is -0.497 e. The van der Waals surface area contributed by atoms with E-state index in [9.17, 15) is 4.39 Å². The van der Waals surface area contributed by atoms with Crippen molar-refractivity contribution in [1.29, 1.82) is 5.26 Å². The predicted molar refractivity (Wildman–Crippen MR) is 68.8 cm³/mol. The van der Waals surface area contributed by atoms with Crippen LogP contribution >= 0.6 is 0 Å². The molecule has 0 atom stereocenters. The Kier molecular flexibility index (Phi) is 3.99. The van der Waals surface area contributed by atoms with Gasteiger partial charge in [0, 0.05) is 0 Å². The Bertz CT molecular complexity index is 603. The Hall–Kier alpha value is -2.54. The van der Waals surface area contributed by atoms with Gasteiger partial charge in [-0.2, -0.15) is 5.26 Å². The molecule has 0 fully saturated rings. The lowest BCUT2D eigenvalue weighted by Crippen LogP contribution is -1.91. The molecule has 0 saturated carbocycles. The summed E-state index contributed by atoms with van der Waals surface area (Å²) in [5.41, 5.74) is 0.715. The Morgan fingerprint density at radius 2 is 1.79 bits per heavy atom. The van der Waals surface area contributed by atoms with Crippen molar-refractivity contribution >= 4 is 0 Å². The van der Waals surface area contributed by atoms with Crippen LogP contribution in [-0.2, 0) is 6.42 Å². The molecule has 0 bridgehead atoms. The summed E-state index contributed by atoms with van der Waals surface area (Å²) < 4.78 is 24.1. The highest BCUT2D eigenvalue weighted by molar-refractivity contribution is 5.38. The van der Waals surface area contributed by atoms with E-state index in [1.54, 1.807) is 37.4 Å². The molecule has 0 N–H and O–H groups in total. The van der Waals surface area contributed by atoms with Gasteiger partial charge < -0.3 is 9.47 Å². The molecular formula is C15H12FNO2. The summed E-state index contributed by atoms with van der Waals surface area (Å²) in [6.45, 7) is 0. The molecule has 0 saturated heterocycles. The summed E-state index contributed by atoms with van der Waals surface area (Å²) in [5, 5.41) is 8.63. The van der Waals surface area contributed by atoms with E-state index in [0.717, 1.165) is 0 Å². The molecule has 0 aromatic heterocycles. The van der Waals surface area contributed by atoms with Crippen LogP contribution in [0.3, 0.4) is 0 Å². The molecule has 4 heteroatoms. The lowest BCUT2D eigenvalue weighted by atomic mass is 10.1. The lowest BCUT2D eigenvalue weighted by molar-refractivity contribution is 0.411. The first-order chi connectivity index (χ1) is 9.22. The molecule has 0 aliphatic rings. The van der Waals surface area contributed by atoms with Crippen LogP contribution in [0.2, 0.25) is 0 Å². The van der Waals surface area contributed by atoms with E-state index in [0.29, 0.717) is 17.1 Å². The Balaban J connectivity index is 2.21. The zero-order chi connectivity index (χ0) is 13.7. The normalized spacial score (nSPS) is 9.74. The van der Waals surface area contributed by atoms with E-state index < -0.39 is 5.82 Å². The maximum Gasteiger partial charge on any atom is 0.165 e. The zero-order valence-electron chi connectivity index (χ0n) is 10.4. The number of benzene rings is 2. The highest BCUT2D eigenvalue weighted by Crippen LogP contribution is 2.27. The van der Waals surface area contributed by atoms with E-state index in [1.165, 1.54) is 12.1 Å². The molecule has 0 spiro atoms. The SMILES string of the molecule is COc1ccc(Oc2cc(CC#N)ccc2F)cc1. The van der Waals surface area contributed by atoms with Gasteiger partial charge in [-0.15, -0.1) is 0 Å². The van der Waals surface area contributed by atoms with Crippen LogP contribution in [-0.4, -0.2) is 7.11 Å². The third-order valence-electron chi connectivity index (χ3n) is 2.57. The summed E-state index contributed by atoms with van der Waals surface area (Å²) in [6, 6.07) is 13.2. The molecule has 2 rings (SSSR count). The molecule has 0 aliphatic heterocycles. The van der Waals surface area contributed by atoms with Crippen molar-refractivity contribution in [3.05, 3.63) is 53.8 Å². The lowest BCUT2D eigenvalue weighted by Gasteiger charge is -2.08. The maximum absolute atomic E-state index is 13.6. The van der Waals surface area contributed by atoms with E-state index in [-0.39, 0.29) is 12.2 Å². The standard InChI is InChI=1S/C15H12FNO2/c1-18-12-3-5-13(6-4-12)19-15-10-11(8-9-17)2-7-14(15)16/h2-7,10H,8H2,1H3. The minimum atomic E-state index is -0.461. The van der Waals surface area contributed by atoms with E-state index in [1.807, 2.05) is 6.07 Å². The molecule has 2 aromatic rings. The molecule has 2 aromatic carbocycles. The number of hydrogen-bond acceptors (Lipinski definition) is 3. The van der Waals surface area contributed by atoms with Gasteiger partial charge in [-0.05, 0) is 42.0 Å². The number of ether oxygens (including phenoxy) is 2. The fraction of sp³-hybridized carbons (Fsp3) is 0.133. The van der Waals surface area contributed by atoms with Gasteiger partial charge in [-0.25, -0.2) is 4.39 Å². The Labute approximate surface area is 110 Å². The summed E-state index contributed by atoms with van der Waals surface area (Å²) in [4.78, 5) is 0. The average Bonchev–Trinajstić information content (AvgIpc) is 2.44. The molecule has 19 heavy (non-hydrogen) atoms. The molecule has 0 unspecified atom stereocenters. The number of methoxy groups -OCH3 is 1. The second kappa shape index (κ2) is 5.87. The monoisotopic (exact) mass is 257 g/mol. The van der Waals surface area contributed by atoms with Crippen molar-refractivity contribution in [1.82, 2.24) is 0 Å². The fourth-order valence-electron chi connectivity index (χ4n) is 1.60. The van der Waals surface area contributed by atoms with Gasteiger partial charge in [-0.1, -0.05) is 6.07 Å². The van der Waals surface area contributed by atoms with Gasteiger partial charge in [-0.3, -0.25) is 0 Å². The van der Waals surface area contributed by atoms with Gasteiger partial charge in [0.1, 0.15) is 11.5 Å². The van der Waals surface area contributed by atoms with Crippen LogP contribution in [0.25, 0.3) is 0 Å². The van der Waals surface area contributed by atoms with Gasteiger partial charge in [0.05, 0.1) is 19.6 Å². The maximum atomic E-state index is 13.6. The molecule has 0 aliphatic carbocycles. The van der Waals surface area contributed by atoms with Crippen molar-refractivity contribution < 1.29 is 13.9 Å². The second-order valence-corrected chi connectivity index (χ2v) is 3.88. The minimum absolute atomic E-state index is 0.109. The number of hydrogen-bond donors (Lipinski definition) is 0. The highest BCUT2D eigenvalue weighted by Gasteiger charge is 2.06. The molecule has 3 nitrogen and oxygen atoms in total. The van der Waals surface area contributed by atoms with Crippen molar-refractivity contribution in [2.75, 3.05) is 7.11 Å². The van der Waals surface area contributed by atoms with Crippen molar-refractivity contribution in [3.8, 4) is 23.3 Å². The van der Waals surface area contributed by atoms with Gasteiger partial charge in [0.2, 0.25) is 0 Å². The number of rotatable bonds is 4. The smallest absolute Gasteiger partial charge is 0.165 e. The first kappa shape index (κ1) is 12.9. The Morgan fingerprint density at radius 1 is 1.11 bits per heavy atom. The summed E-state index contributed by atoms with van der Waals surface area (Å²) >= 11 is 0. The van der Waals surface area contributed by atoms with E-state index >= 15 is 0 Å². The molecule has 0 amide bonds. The van der Waals surface area contributed by atoms with Crippen LogP contribution in [0.5, 0.6) is 17.2 Å². The number of halogens is 1. The molecule has 0 heterocycles. The first-order valence-electron chi connectivity index (χ1n) is 5.70.